The number of esters is 1. The number of carbonyl (C=O) groups excluding carboxylic acids is 1. The second-order valence-electron chi connectivity index (χ2n) is 15.1. The molecule has 6 atom stereocenters. The Bertz CT molecular complexity index is 1150. The summed E-state index contributed by atoms with van der Waals surface area (Å²) in [5.41, 5.74) is 0. The van der Waals surface area contributed by atoms with Gasteiger partial charge in [-0.2, -0.15) is 0 Å². The molecule has 6 unspecified atom stereocenters. The number of ether oxygens (including phenoxy) is 4. The molecule has 1 saturated heterocycles. The molecule has 9 heteroatoms. The Morgan fingerprint density at radius 3 is 1.59 bits per heavy atom. The van der Waals surface area contributed by atoms with Crippen molar-refractivity contribution in [1.82, 2.24) is 0 Å². The molecule has 0 aromatic rings. The number of hydrogen-bond donors (Lipinski definition) is 4. The zero-order valence-corrected chi connectivity index (χ0v) is 36.3. The standard InChI is InChI=1S/C49H82O9/c1-3-5-7-9-11-13-15-17-19-21-22-23-24-26-28-30-32-34-36-38-45(51)57-43(42-56-49-48(54)47(53)46(52)44(40-50)58-49)41-55-39-37-35-33-31-29-27-25-20-18-16-14-12-10-8-6-4-2/h6,8,11-14,17-20,27,29,33,35,43-44,46-50,52-54H,3-5,7,9-10,15-16,21-26,28,30-32,34,36-42H2,1-2H3/b8-6-,13-11-,14-12-,19-17-,20-18-,29-27-,35-33-. The van der Waals surface area contributed by atoms with E-state index in [9.17, 15) is 25.2 Å². The van der Waals surface area contributed by atoms with Crippen molar-refractivity contribution in [3.05, 3.63) is 85.1 Å². The van der Waals surface area contributed by atoms with Gasteiger partial charge in [0.1, 0.15) is 30.5 Å². The van der Waals surface area contributed by atoms with Crippen LogP contribution in [-0.4, -0.2) is 89.6 Å². The molecule has 0 bridgehead atoms. The molecule has 1 aliphatic heterocycles. The Labute approximate surface area is 352 Å². The van der Waals surface area contributed by atoms with Crippen molar-refractivity contribution < 1.29 is 44.2 Å². The molecule has 0 aromatic heterocycles. The van der Waals surface area contributed by atoms with Crippen molar-refractivity contribution in [1.29, 1.82) is 0 Å². The SMILES string of the molecule is CC/C=C\C/C=C\C/C=C\C/C=C\C/C=C\CCOCC(COC1OC(CO)C(O)C(O)C1O)OC(=O)CCCCCCCCCCC/C=C\C/C=C\CCCCC. The van der Waals surface area contributed by atoms with Gasteiger partial charge in [-0.15, -0.1) is 0 Å². The molecular weight excluding hydrogens is 733 g/mol. The summed E-state index contributed by atoms with van der Waals surface area (Å²) in [5, 5.41) is 40.1. The lowest BCUT2D eigenvalue weighted by molar-refractivity contribution is -0.305. The van der Waals surface area contributed by atoms with E-state index < -0.39 is 43.4 Å². The van der Waals surface area contributed by atoms with Crippen LogP contribution < -0.4 is 0 Å². The van der Waals surface area contributed by atoms with Crippen molar-refractivity contribution in [3.8, 4) is 0 Å². The highest BCUT2D eigenvalue weighted by atomic mass is 16.7. The highest BCUT2D eigenvalue weighted by Gasteiger charge is 2.44. The highest BCUT2D eigenvalue weighted by Crippen LogP contribution is 2.22. The van der Waals surface area contributed by atoms with E-state index >= 15 is 0 Å². The van der Waals surface area contributed by atoms with Gasteiger partial charge < -0.3 is 39.4 Å². The second kappa shape index (κ2) is 39.8. The molecule has 1 fully saturated rings. The summed E-state index contributed by atoms with van der Waals surface area (Å²) in [5.74, 6) is -0.346. The van der Waals surface area contributed by atoms with Crippen molar-refractivity contribution in [3.63, 3.8) is 0 Å². The minimum atomic E-state index is -1.55. The van der Waals surface area contributed by atoms with E-state index in [4.69, 9.17) is 18.9 Å². The molecule has 0 amide bonds. The van der Waals surface area contributed by atoms with Crippen LogP contribution in [0.1, 0.15) is 155 Å². The summed E-state index contributed by atoms with van der Waals surface area (Å²) in [6.07, 6.45) is 46.3. The van der Waals surface area contributed by atoms with E-state index in [1.807, 2.05) is 0 Å². The number of unbranched alkanes of at least 4 members (excludes halogenated alkanes) is 12. The number of aliphatic hydroxyl groups is 4. The molecule has 0 spiro atoms. The summed E-state index contributed by atoms with van der Waals surface area (Å²) in [6.45, 7) is 4.18. The van der Waals surface area contributed by atoms with Gasteiger partial charge in [0.2, 0.25) is 0 Å². The normalized spacial score (nSPS) is 21.1. The van der Waals surface area contributed by atoms with Crippen molar-refractivity contribution >= 4 is 5.97 Å². The van der Waals surface area contributed by atoms with Crippen LogP contribution in [0, 0.1) is 0 Å². The Morgan fingerprint density at radius 2 is 1.05 bits per heavy atom. The van der Waals surface area contributed by atoms with E-state index in [0.29, 0.717) is 19.4 Å². The third-order valence-electron chi connectivity index (χ3n) is 9.81. The molecule has 332 valence electrons. The minimum absolute atomic E-state index is 0.0840. The van der Waals surface area contributed by atoms with Crippen LogP contribution in [0.2, 0.25) is 0 Å². The third-order valence-corrected chi connectivity index (χ3v) is 9.81. The maximum absolute atomic E-state index is 12.8. The third kappa shape index (κ3) is 30.4. The number of rotatable bonds is 37. The van der Waals surface area contributed by atoms with E-state index in [2.05, 4.69) is 98.9 Å². The van der Waals surface area contributed by atoms with Gasteiger partial charge in [-0.1, -0.05) is 157 Å². The topological polar surface area (TPSA) is 135 Å². The number of carbonyl (C=O) groups is 1. The van der Waals surface area contributed by atoms with Gasteiger partial charge in [-0.25, -0.2) is 0 Å². The zero-order valence-electron chi connectivity index (χ0n) is 36.3. The lowest BCUT2D eigenvalue weighted by Crippen LogP contribution is -2.59. The first-order valence-electron chi connectivity index (χ1n) is 22.7. The van der Waals surface area contributed by atoms with Crippen LogP contribution >= 0.6 is 0 Å². The van der Waals surface area contributed by atoms with Crippen molar-refractivity contribution in [2.45, 2.75) is 192 Å². The largest absolute Gasteiger partial charge is 0.457 e. The van der Waals surface area contributed by atoms with E-state index in [1.54, 1.807) is 0 Å². The summed E-state index contributed by atoms with van der Waals surface area (Å²) < 4.78 is 22.7. The minimum Gasteiger partial charge on any atom is -0.457 e. The Balaban J connectivity index is 2.32. The van der Waals surface area contributed by atoms with Gasteiger partial charge in [0.15, 0.2) is 6.29 Å². The molecule has 4 N–H and O–H groups in total. The van der Waals surface area contributed by atoms with E-state index in [1.165, 1.54) is 64.2 Å². The summed E-state index contributed by atoms with van der Waals surface area (Å²) in [6, 6.07) is 0. The summed E-state index contributed by atoms with van der Waals surface area (Å²) >= 11 is 0. The Morgan fingerprint density at radius 1 is 0.569 bits per heavy atom. The lowest BCUT2D eigenvalue weighted by Gasteiger charge is -2.39. The monoisotopic (exact) mass is 815 g/mol. The van der Waals surface area contributed by atoms with Gasteiger partial charge >= 0.3 is 5.97 Å². The fraction of sp³-hybridized carbons (Fsp3) is 0.694. The fourth-order valence-electron chi connectivity index (χ4n) is 6.29. The van der Waals surface area contributed by atoms with Crippen LogP contribution in [0.4, 0.5) is 0 Å². The van der Waals surface area contributed by atoms with Crippen LogP contribution in [0.15, 0.2) is 85.1 Å². The van der Waals surface area contributed by atoms with Gasteiger partial charge in [0.05, 0.1) is 26.4 Å². The predicted octanol–water partition coefficient (Wildman–Crippen LogP) is 10.2. The molecule has 58 heavy (non-hydrogen) atoms. The van der Waals surface area contributed by atoms with Crippen molar-refractivity contribution in [2.75, 3.05) is 26.4 Å². The molecular formula is C49H82O9. The lowest BCUT2D eigenvalue weighted by atomic mass is 9.99. The van der Waals surface area contributed by atoms with Gasteiger partial charge in [-0.05, 0) is 77.0 Å². The summed E-state index contributed by atoms with van der Waals surface area (Å²) in [7, 11) is 0. The predicted molar refractivity (Wildman–Crippen MR) is 237 cm³/mol. The van der Waals surface area contributed by atoms with Gasteiger partial charge in [0, 0.05) is 6.42 Å². The molecule has 9 nitrogen and oxygen atoms in total. The second-order valence-corrected chi connectivity index (χ2v) is 15.1. The molecule has 0 aliphatic carbocycles. The average molecular weight is 815 g/mol. The molecule has 0 radical (unpaired) electrons. The summed E-state index contributed by atoms with van der Waals surface area (Å²) in [4.78, 5) is 12.8. The van der Waals surface area contributed by atoms with Crippen molar-refractivity contribution in [2.24, 2.45) is 0 Å². The molecule has 1 rings (SSSR count). The van der Waals surface area contributed by atoms with E-state index in [-0.39, 0.29) is 19.2 Å². The van der Waals surface area contributed by atoms with Crippen LogP contribution in [0.3, 0.4) is 0 Å². The Hall–Kier alpha value is -2.63. The maximum Gasteiger partial charge on any atom is 0.306 e. The number of aliphatic hydroxyl groups excluding tert-OH is 4. The average Bonchev–Trinajstić information content (AvgIpc) is 3.22. The van der Waals surface area contributed by atoms with E-state index in [0.717, 1.165) is 64.2 Å². The molecule has 0 saturated carbocycles. The fourth-order valence-corrected chi connectivity index (χ4v) is 6.29. The zero-order chi connectivity index (χ0) is 42.2. The quantitative estimate of drug-likeness (QED) is 0.0275. The molecule has 0 aromatic carbocycles. The van der Waals surface area contributed by atoms with Crippen LogP contribution in [0.5, 0.6) is 0 Å². The first kappa shape index (κ1) is 53.4. The van der Waals surface area contributed by atoms with Gasteiger partial charge in [-0.3, -0.25) is 4.79 Å². The molecule has 1 heterocycles. The highest BCUT2D eigenvalue weighted by molar-refractivity contribution is 5.69. The van der Waals surface area contributed by atoms with Crippen LogP contribution in [-0.2, 0) is 23.7 Å². The Kier molecular flexibility index (Phi) is 36.6. The molecule has 1 aliphatic rings. The van der Waals surface area contributed by atoms with Crippen LogP contribution in [0.25, 0.3) is 0 Å². The number of hydrogen-bond acceptors (Lipinski definition) is 9. The first-order chi connectivity index (χ1) is 28.4. The maximum atomic E-state index is 12.8. The van der Waals surface area contributed by atoms with Gasteiger partial charge in [0.25, 0.3) is 0 Å². The number of allylic oxidation sites excluding steroid dienone is 13. The smallest absolute Gasteiger partial charge is 0.306 e. The first-order valence-corrected chi connectivity index (χ1v) is 22.7.